The maximum atomic E-state index is 12.2. The molecule has 0 amide bonds. The van der Waals surface area contributed by atoms with Crippen LogP contribution >= 0.6 is 0 Å². The first-order chi connectivity index (χ1) is 9.96. The molecule has 1 N–H and O–H groups in total. The fourth-order valence-electron chi connectivity index (χ4n) is 2.57. The molecule has 0 aromatic carbocycles. The van der Waals surface area contributed by atoms with Gasteiger partial charge in [0.2, 0.25) is 0 Å². The van der Waals surface area contributed by atoms with Crippen molar-refractivity contribution in [2.75, 3.05) is 6.61 Å². The highest BCUT2D eigenvalue weighted by molar-refractivity contribution is 5.80. The van der Waals surface area contributed by atoms with Crippen LogP contribution in [0.2, 0.25) is 0 Å². The third kappa shape index (κ3) is 4.06. The Labute approximate surface area is 127 Å². The number of carbonyl (C=O) groups is 1. The summed E-state index contributed by atoms with van der Waals surface area (Å²) in [7, 11) is 0. The van der Waals surface area contributed by atoms with E-state index in [4.69, 9.17) is 4.74 Å². The lowest BCUT2D eigenvalue weighted by Gasteiger charge is -2.28. The number of nitrogens with zero attached hydrogens (tertiary/aromatic N) is 2. The van der Waals surface area contributed by atoms with Gasteiger partial charge < -0.3 is 9.30 Å². The zero-order valence-corrected chi connectivity index (χ0v) is 13.6. The number of carbonyl (C=O) groups excluding carboxylic acids is 1. The molecule has 1 aliphatic carbocycles. The molecule has 1 unspecified atom stereocenters. The molecule has 1 atom stereocenters. The summed E-state index contributed by atoms with van der Waals surface area (Å²) in [6.45, 7) is 9.23. The number of nitrogens with one attached hydrogen (secondary N) is 1. The largest absolute Gasteiger partial charge is 0.465 e. The van der Waals surface area contributed by atoms with Crippen LogP contribution in [0, 0.1) is 13.8 Å². The molecule has 1 saturated carbocycles. The minimum absolute atomic E-state index is 0.129. The Morgan fingerprint density at radius 3 is 2.76 bits per heavy atom. The molecule has 118 valence electrons. The van der Waals surface area contributed by atoms with Crippen LogP contribution in [0.3, 0.4) is 0 Å². The number of aromatic nitrogens is 2. The molecular formula is C16H27N3O2. The van der Waals surface area contributed by atoms with Crippen molar-refractivity contribution in [1.29, 1.82) is 0 Å². The summed E-state index contributed by atoms with van der Waals surface area (Å²) in [5.41, 5.74) is 1.70. The number of hydrogen-bond donors (Lipinski definition) is 1. The van der Waals surface area contributed by atoms with Gasteiger partial charge in [-0.05, 0) is 53.4 Å². The van der Waals surface area contributed by atoms with Gasteiger partial charge in [0.05, 0.1) is 18.6 Å². The SMILES string of the molecule is CCOC(=O)C(C)(CCCn1cnc(C)c1C)NC1CC1. The van der Waals surface area contributed by atoms with Crippen LogP contribution in [0.15, 0.2) is 6.33 Å². The Hall–Kier alpha value is -1.36. The van der Waals surface area contributed by atoms with Crippen LogP contribution in [0.25, 0.3) is 0 Å². The number of imidazole rings is 1. The summed E-state index contributed by atoms with van der Waals surface area (Å²) < 4.78 is 7.40. The van der Waals surface area contributed by atoms with E-state index in [0.29, 0.717) is 12.6 Å². The lowest BCUT2D eigenvalue weighted by atomic mass is 9.95. The van der Waals surface area contributed by atoms with Gasteiger partial charge >= 0.3 is 5.97 Å². The van der Waals surface area contributed by atoms with Gasteiger partial charge in [0.15, 0.2) is 0 Å². The molecule has 2 rings (SSSR count). The second-order valence-corrected chi connectivity index (χ2v) is 6.18. The average molecular weight is 293 g/mol. The van der Waals surface area contributed by atoms with E-state index in [1.165, 1.54) is 5.69 Å². The Balaban J connectivity index is 1.92. The summed E-state index contributed by atoms with van der Waals surface area (Å²) in [6, 6.07) is 0.483. The predicted octanol–water partition coefficient (Wildman–Crippen LogP) is 2.35. The van der Waals surface area contributed by atoms with Crippen LogP contribution in [0.5, 0.6) is 0 Å². The highest BCUT2D eigenvalue weighted by atomic mass is 16.5. The minimum atomic E-state index is -0.569. The number of esters is 1. The summed E-state index contributed by atoms with van der Waals surface area (Å²) in [5.74, 6) is -0.129. The Kier molecular flexibility index (Phi) is 5.04. The van der Waals surface area contributed by atoms with Crippen molar-refractivity contribution in [3.63, 3.8) is 0 Å². The van der Waals surface area contributed by atoms with Crippen LogP contribution in [-0.4, -0.2) is 33.7 Å². The molecule has 0 saturated heterocycles. The molecule has 1 fully saturated rings. The number of rotatable bonds is 8. The first-order valence-corrected chi connectivity index (χ1v) is 7.89. The molecule has 0 bridgehead atoms. The molecule has 5 nitrogen and oxygen atoms in total. The van der Waals surface area contributed by atoms with Gasteiger partial charge in [-0.1, -0.05) is 0 Å². The van der Waals surface area contributed by atoms with Gasteiger partial charge in [-0.2, -0.15) is 0 Å². The van der Waals surface area contributed by atoms with Crippen molar-refractivity contribution in [3.8, 4) is 0 Å². The molecule has 0 aliphatic heterocycles. The third-order valence-corrected chi connectivity index (χ3v) is 4.25. The van der Waals surface area contributed by atoms with E-state index >= 15 is 0 Å². The van der Waals surface area contributed by atoms with Crippen molar-refractivity contribution < 1.29 is 9.53 Å². The monoisotopic (exact) mass is 293 g/mol. The summed E-state index contributed by atoms with van der Waals surface area (Å²) in [5, 5.41) is 3.46. The molecule has 5 heteroatoms. The van der Waals surface area contributed by atoms with E-state index in [-0.39, 0.29) is 5.97 Å². The Morgan fingerprint density at radius 2 is 2.24 bits per heavy atom. The lowest BCUT2D eigenvalue weighted by Crippen LogP contribution is -2.51. The maximum absolute atomic E-state index is 12.2. The van der Waals surface area contributed by atoms with E-state index in [0.717, 1.165) is 37.9 Å². The van der Waals surface area contributed by atoms with E-state index in [2.05, 4.69) is 21.8 Å². The number of aryl methyl sites for hydroxylation is 2. The number of ether oxygens (including phenoxy) is 1. The van der Waals surface area contributed by atoms with Gasteiger partial charge in [0, 0.05) is 18.3 Å². The van der Waals surface area contributed by atoms with Crippen molar-refractivity contribution in [3.05, 3.63) is 17.7 Å². The molecule has 21 heavy (non-hydrogen) atoms. The van der Waals surface area contributed by atoms with Crippen molar-refractivity contribution in [2.24, 2.45) is 0 Å². The maximum Gasteiger partial charge on any atom is 0.326 e. The molecule has 1 aromatic heterocycles. The van der Waals surface area contributed by atoms with E-state index in [1.807, 2.05) is 27.1 Å². The van der Waals surface area contributed by atoms with Crippen molar-refractivity contribution >= 4 is 5.97 Å². The predicted molar refractivity (Wildman–Crippen MR) is 82.1 cm³/mol. The zero-order valence-electron chi connectivity index (χ0n) is 13.6. The van der Waals surface area contributed by atoms with Gasteiger partial charge in [-0.3, -0.25) is 10.1 Å². The van der Waals surface area contributed by atoms with Crippen LogP contribution in [0.1, 0.15) is 50.9 Å². The normalized spacial score (nSPS) is 17.5. The quantitative estimate of drug-likeness (QED) is 0.748. The van der Waals surface area contributed by atoms with Crippen molar-refractivity contribution in [1.82, 2.24) is 14.9 Å². The molecule has 1 heterocycles. The first-order valence-electron chi connectivity index (χ1n) is 7.89. The second-order valence-electron chi connectivity index (χ2n) is 6.18. The zero-order chi connectivity index (χ0) is 15.5. The molecule has 0 spiro atoms. The minimum Gasteiger partial charge on any atom is -0.465 e. The van der Waals surface area contributed by atoms with Crippen LogP contribution in [0.4, 0.5) is 0 Å². The fraction of sp³-hybridized carbons (Fsp3) is 0.750. The summed E-state index contributed by atoms with van der Waals surface area (Å²) >= 11 is 0. The van der Waals surface area contributed by atoms with Gasteiger partial charge in [0.25, 0.3) is 0 Å². The molecule has 1 aromatic rings. The van der Waals surface area contributed by atoms with Crippen molar-refractivity contribution in [2.45, 2.75) is 71.5 Å². The topological polar surface area (TPSA) is 56.2 Å². The van der Waals surface area contributed by atoms with E-state index in [9.17, 15) is 4.79 Å². The number of hydrogen-bond acceptors (Lipinski definition) is 4. The average Bonchev–Trinajstić information content (AvgIpc) is 3.19. The smallest absolute Gasteiger partial charge is 0.326 e. The van der Waals surface area contributed by atoms with Gasteiger partial charge in [0.1, 0.15) is 5.54 Å². The Bertz CT molecular complexity index is 494. The van der Waals surface area contributed by atoms with Crippen LogP contribution in [-0.2, 0) is 16.1 Å². The lowest BCUT2D eigenvalue weighted by molar-refractivity contribution is -0.151. The van der Waals surface area contributed by atoms with Crippen LogP contribution < -0.4 is 5.32 Å². The highest BCUT2D eigenvalue weighted by Gasteiger charge is 2.39. The molecule has 1 aliphatic rings. The first kappa shape index (κ1) is 16.0. The fourth-order valence-corrected chi connectivity index (χ4v) is 2.57. The molecule has 0 radical (unpaired) electrons. The summed E-state index contributed by atoms with van der Waals surface area (Å²) in [6.07, 6.45) is 5.90. The summed E-state index contributed by atoms with van der Waals surface area (Å²) in [4.78, 5) is 16.5. The highest BCUT2D eigenvalue weighted by Crippen LogP contribution is 2.26. The Morgan fingerprint density at radius 1 is 1.52 bits per heavy atom. The third-order valence-electron chi connectivity index (χ3n) is 4.25. The standard InChI is InChI=1S/C16H27N3O2/c1-5-21-15(20)16(4,18-14-7-8-14)9-6-10-19-11-17-12(2)13(19)3/h11,14,18H,5-10H2,1-4H3. The van der Waals surface area contributed by atoms with Gasteiger partial charge in [-0.25, -0.2) is 4.98 Å². The van der Waals surface area contributed by atoms with Gasteiger partial charge in [-0.15, -0.1) is 0 Å². The van der Waals surface area contributed by atoms with E-state index < -0.39 is 5.54 Å². The van der Waals surface area contributed by atoms with E-state index in [1.54, 1.807) is 0 Å². The molecular weight excluding hydrogens is 266 g/mol. The second kappa shape index (κ2) is 6.60.